The molecule has 26 heavy (non-hydrogen) atoms. The standard InChI is InChI=1S/C20H19ClN2O3/c1-25-18-11-19(26-2)17(10-15(18)21)23-20(24)12-22-16-9-5-7-13-6-3-4-8-14(13)16/h3-11,22H,12H2,1-2H3,(H,23,24). The Hall–Kier alpha value is -2.92. The summed E-state index contributed by atoms with van der Waals surface area (Å²) in [6.45, 7) is 0.112. The highest BCUT2D eigenvalue weighted by atomic mass is 35.5. The van der Waals surface area contributed by atoms with Crippen LogP contribution in [-0.2, 0) is 4.79 Å². The molecule has 0 saturated carbocycles. The molecule has 0 unspecified atom stereocenters. The van der Waals surface area contributed by atoms with Crippen LogP contribution in [0.5, 0.6) is 11.5 Å². The van der Waals surface area contributed by atoms with E-state index in [4.69, 9.17) is 21.1 Å². The SMILES string of the molecule is COc1cc(OC)c(NC(=O)CNc2cccc3ccccc23)cc1Cl. The number of fused-ring (bicyclic) bond motifs is 1. The van der Waals surface area contributed by atoms with Crippen molar-refractivity contribution in [3.63, 3.8) is 0 Å². The lowest BCUT2D eigenvalue weighted by Gasteiger charge is -2.14. The van der Waals surface area contributed by atoms with Crippen LogP contribution in [0, 0.1) is 0 Å². The number of rotatable bonds is 6. The topological polar surface area (TPSA) is 59.6 Å². The third-order valence-corrected chi connectivity index (χ3v) is 4.27. The molecule has 0 spiro atoms. The summed E-state index contributed by atoms with van der Waals surface area (Å²) < 4.78 is 10.4. The zero-order valence-corrected chi connectivity index (χ0v) is 15.3. The zero-order valence-electron chi connectivity index (χ0n) is 14.5. The van der Waals surface area contributed by atoms with Crippen LogP contribution in [0.15, 0.2) is 54.6 Å². The predicted octanol–water partition coefficient (Wildman–Crippen LogP) is 4.56. The molecule has 2 N–H and O–H groups in total. The molecule has 3 aromatic rings. The molecule has 3 rings (SSSR count). The molecule has 0 heterocycles. The van der Waals surface area contributed by atoms with Gasteiger partial charge in [0.1, 0.15) is 11.5 Å². The average Bonchev–Trinajstić information content (AvgIpc) is 2.66. The third-order valence-electron chi connectivity index (χ3n) is 3.98. The van der Waals surface area contributed by atoms with Crippen molar-refractivity contribution in [3.8, 4) is 11.5 Å². The highest BCUT2D eigenvalue weighted by Gasteiger charge is 2.12. The van der Waals surface area contributed by atoms with Crippen LogP contribution in [0.2, 0.25) is 5.02 Å². The summed E-state index contributed by atoms with van der Waals surface area (Å²) in [5.41, 5.74) is 1.39. The number of ether oxygens (including phenoxy) is 2. The van der Waals surface area contributed by atoms with Crippen LogP contribution in [0.1, 0.15) is 0 Å². The van der Waals surface area contributed by atoms with Gasteiger partial charge in [-0.15, -0.1) is 0 Å². The summed E-state index contributed by atoms with van der Waals surface area (Å²) in [7, 11) is 3.04. The Morgan fingerprint density at radius 3 is 2.46 bits per heavy atom. The normalized spacial score (nSPS) is 10.4. The van der Waals surface area contributed by atoms with Gasteiger partial charge in [-0.3, -0.25) is 4.79 Å². The van der Waals surface area contributed by atoms with Gasteiger partial charge in [-0.25, -0.2) is 0 Å². The van der Waals surface area contributed by atoms with E-state index in [1.807, 2.05) is 42.5 Å². The summed E-state index contributed by atoms with van der Waals surface area (Å²) in [5.74, 6) is 0.748. The molecule has 134 valence electrons. The average molecular weight is 371 g/mol. The van der Waals surface area contributed by atoms with Crippen molar-refractivity contribution in [2.45, 2.75) is 0 Å². The van der Waals surface area contributed by atoms with E-state index in [0.717, 1.165) is 16.5 Å². The van der Waals surface area contributed by atoms with Crippen LogP contribution in [0.3, 0.4) is 0 Å². The Balaban J connectivity index is 1.72. The lowest BCUT2D eigenvalue weighted by Crippen LogP contribution is -2.22. The fourth-order valence-corrected chi connectivity index (χ4v) is 2.95. The van der Waals surface area contributed by atoms with Gasteiger partial charge in [0, 0.05) is 17.1 Å². The second kappa shape index (κ2) is 7.97. The largest absolute Gasteiger partial charge is 0.495 e. The van der Waals surface area contributed by atoms with Crippen molar-refractivity contribution in [1.29, 1.82) is 0 Å². The molecular formula is C20H19ClN2O3. The second-order valence-electron chi connectivity index (χ2n) is 5.62. The molecule has 0 fully saturated rings. The molecule has 1 amide bonds. The van der Waals surface area contributed by atoms with E-state index in [1.165, 1.54) is 14.2 Å². The zero-order chi connectivity index (χ0) is 18.5. The molecular weight excluding hydrogens is 352 g/mol. The van der Waals surface area contributed by atoms with Gasteiger partial charge in [-0.05, 0) is 17.5 Å². The number of hydrogen-bond acceptors (Lipinski definition) is 4. The molecule has 0 aromatic heterocycles. The summed E-state index contributed by atoms with van der Waals surface area (Å²) >= 11 is 6.13. The summed E-state index contributed by atoms with van der Waals surface area (Å²) in [5, 5.41) is 8.55. The molecule has 3 aromatic carbocycles. The fraction of sp³-hybridized carbons (Fsp3) is 0.150. The molecule has 0 saturated heterocycles. The number of carbonyl (C=O) groups excluding carboxylic acids is 1. The van der Waals surface area contributed by atoms with Gasteiger partial charge in [0.15, 0.2) is 0 Å². The van der Waals surface area contributed by atoms with Crippen LogP contribution in [-0.4, -0.2) is 26.7 Å². The first kappa shape index (κ1) is 17.9. The molecule has 0 aliphatic rings. The molecule has 0 atom stereocenters. The van der Waals surface area contributed by atoms with Crippen molar-refractivity contribution in [1.82, 2.24) is 0 Å². The van der Waals surface area contributed by atoms with E-state index >= 15 is 0 Å². The van der Waals surface area contributed by atoms with Gasteiger partial charge in [0.2, 0.25) is 5.91 Å². The smallest absolute Gasteiger partial charge is 0.243 e. The van der Waals surface area contributed by atoms with E-state index in [2.05, 4.69) is 10.6 Å². The summed E-state index contributed by atoms with van der Waals surface area (Å²) in [4.78, 5) is 12.4. The number of halogens is 1. The van der Waals surface area contributed by atoms with Crippen LogP contribution >= 0.6 is 11.6 Å². The van der Waals surface area contributed by atoms with E-state index in [1.54, 1.807) is 12.1 Å². The Morgan fingerprint density at radius 1 is 0.962 bits per heavy atom. The molecule has 0 aliphatic carbocycles. The second-order valence-corrected chi connectivity index (χ2v) is 6.02. The number of amides is 1. The Morgan fingerprint density at radius 2 is 1.69 bits per heavy atom. The maximum atomic E-state index is 12.4. The predicted molar refractivity (Wildman–Crippen MR) is 106 cm³/mol. The van der Waals surface area contributed by atoms with Gasteiger partial charge < -0.3 is 20.1 Å². The van der Waals surface area contributed by atoms with Gasteiger partial charge >= 0.3 is 0 Å². The molecule has 6 heteroatoms. The number of anilines is 2. The van der Waals surface area contributed by atoms with Gasteiger partial charge in [-0.1, -0.05) is 48.0 Å². The van der Waals surface area contributed by atoms with Crippen LogP contribution < -0.4 is 20.1 Å². The van der Waals surface area contributed by atoms with Crippen molar-refractivity contribution >= 4 is 39.7 Å². The molecule has 5 nitrogen and oxygen atoms in total. The first-order valence-electron chi connectivity index (χ1n) is 8.05. The third kappa shape index (κ3) is 3.83. The van der Waals surface area contributed by atoms with Crippen molar-refractivity contribution in [2.75, 3.05) is 31.4 Å². The fourth-order valence-electron chi connectivity index (χ4n) is 2.71. The minimum Gasteiger partial charge on any atom is -0.495 e. The van der Waals surface area contributed by atoms with E-state index in [-0.39, 0.29) is 12.5 Å². The maximum Gasteiger partial charge on any atom is 0.243 e. The quantitative estimate of drug-likeness (QED) is 0.667. The maximum absolute atomic E-state index is 12.4. The molecule has 0 aliphatic heterocycles. The number of carbonyl (C=O) groups is 1. The highest BCUT2D eigenvalue weighted by Crippen LogP contribution is 2.35. The monoisotopic (exact) mass is 370 g/mol. The Kier molecular flexibility index (Phi) is 5.49. The van der Waals surface area contributed by atoms with E-state index in [9.17, 15) is 4.79 Å². The first-order chi connectivity index (χ1) is 12.6. The number of nitrogens with one attached hydrogen (secondary N) is 2. The van der Waals surface area contributed by atoms with Crippen LogP contribution in [0.4, 0.5) is 11.4 Å². The summed E-state index contributed by atoms with van der Waals surface area (Å²) in [6.07, 6.45) is 0. The minimum absolute atomic E-state index is 0.112. The Bertz CT molecular complexity index is 938. The van der Waals surface area contributed by atoms with Crippen molar-refractivity contribution in [3.05, 3.63) is 59.6 Å². The number of hydrogen-bond donors (Lipinski definition) is 2. The van der Waals surface area contributed by atoms with Crippen LogP contribution in [0.25, 0.3) is 10.8 Å². The van der Waals surface area contributed by atoms with E-state index in [0.29, 0.717) is 22.2 Å². The summed E-state index contributed by atoms with van der Waals surface area (Å²) in [6, 6.07) is 17.2. The lowest BCUT2D eigenvalue weighted by molar-refractivity contribution is -0.114. The van der Waals surface area contributed by atoms with E-state index < -0.39 is 0 Å². The van der Waals surface area contributed by atoms with Gasteiger partial charge in [0.05, 0.1) is 31.5 Å². The highest BCUT2D eigenvalue weighted by molar-refractivity contribution is 6.32. The minimum atomic E-state index is -0.211. The molecule has 0 bridgehead atoms. The van der Waals surface area contributed by atoms with Crippen molar-refractivity contribution < 1.29 is 14.3 Å². The Labute approximate surface area is 156 Å². The van der Waals surface area contributed by atoms with Crippen molar-refractivity contribution in [2.24, 2.45) is 0 Å². The number of methoxy groups -OCH3 is 2. The molecule has 0 radical (unpaired) electrons. The lowest BCUT2D eigenvalue weighted by atomic mass is 10.1. The van der Waals surface area contributed by atoms with Gasteiger partial charge in [0.25, 0.3) is 0 Å². The first-order valence-corrected chi connectivity index (χ1v) is 8.43. The number of benzene rings is 3. The van der Waals surface area contributed by atoms with Gasteiger partial charge in [-0.2, -0.15) is 0 Å².